The molecule has 232 valence electrons. The first-order valence-electron chi connectivity index (χ1n) is 15.0. The van der Waals surface area contributed by atoms with Gasteiger partial charge in [0.2, 0.25) is 0 Å². The van der Waals surface area contributed by atoms with Crippen LogP contribution in [0.5, 0.6) is 0 Å². The standard InChI is InChI=1S/C35H47NO6Si/c1-35(2,3)43(5,6)42-26-30-32(40-24-28-18-12-8-13-19-28)33(38-4)31(39-23-27-16-10-7-11-17-27)22-36(30)34(37)41-25-29-20-14-9-15-21-29/h7-21,30-33H,22-26H2,1-6H3/t30-,31-,32-,33-/m1/s1. The van der Waals surface area contributed by atoms with Gasteiger partial charge in [-0.2, -0.15) is 0 Å². The minimum absolute atomic E-state index is 0.00267. The highest BCUT2D eigenvalue weighted by Crippen LogP contribution is 2.38. The van der Waals surface area contributed by atoms with Gasteiger partial charge in [-0.05, 0) is 34.8 Å². The number of methoxy groups -OCH3 is 1. The van der Waals surface area contributed by atoms with Crippen LogP contribution < -0.4 is 0 Å². The number of carbonyl (C=O) groups is 1. The third kappa shape index (κ3) is 9.00. The van der Waals surface area contributed by atoms with E-state index in [-0.39, 0.29) is 18.2 Å². The summed E-state index contributed by atoms with van der Waals surface area (Å²) in [6, 6.07) is 29.3. The molecule has 1 fully saturated rings. The number of hydrogen-bond donors (Lipinski definition) is 0. The van der Waals surface area contributed by atoms with Gasteiger partial charge in [0.25, 0.3) is 0 Å². The van der Waals surface area contributed by atoms with Gasteiger partial charge in [0.15, 0.2) is 8.32 Å². The lowest BCUT2D eigenvalue weighted by molar-refractivity contribution is -0.190. The van der Waals surface area contributed by atoms with Gasteiger partial charge in [-0.15, -0.1) is 0 Å². The van der Waals surface area contributed by atoms with Gasteiger partial charge in [0, 0.05) is 7.11 Å². The molecule has 1 aliphatic heterocycles. The van der Waals surface area contributed by atoms with Crippen LogP contribution in [0, 0.1) is 0 Å². The van der Waals surface area contributed by atoms with Crippen LogP contribution in [0.15, 0.2) is 91.0 Å². The van der Waals surface area contributed by atoms with Crippen molar-refractivity contribution >= 4 is 14.4 Å². The van der Waals surface area contributed by atoms with Crippen LogP contribution in [-0.4, -0.2) is 63.9 Å². The van der Waals surface area contributed by atoms with E-state index in [4.69, 9.17) is 23.4 Å². The fourth-order valence-electron chi connectivity index (χ4n) is 4.93. The topological polar surface area (TPSA) is 66.5 Å². The summed E-state index contributed by atoms with van der Waals surface area (Å²) < 4.78 is 31.8. The Kier molecular flexibility index (Phi) is 11.6. The molecule has 1 aliphatic rings. The fraction of sp³-hybridized carbons (Fsp3) is 0.457. The Balaban J connectivity index is 1.63. The normalized spacial score (nSPS) is 21.0. The predicted molar refractivity (Wildman–Crippen MR) is 171 cm³/mol. The SMILES string of the molecule is CO[C@H]1[C@H](OCc2ccccc2)[C@@H](CO[Si](C)(C)C(C)(C)C)N(C(=O)OCc2ccccc2)C[C@H]1OCc1ccccc1. The number of carbonyl (C=O) groups excluding carboxylic acids is 1. The van der Waals surface area contributed by atoms with Gasteiger partial charge < -0.3 is 23.4 Å². The van der Waals surface area contributed by atoms with Crippen molar-refractivity contribution in [3.05, 3.63) is 108 Å². The molecular weight excluding hydrogens is 558 g/mol. The molecule has 7 nitrogen and oxygen atoms in total. The maximum Gasteiger partial charge on any atom is 0.410 e. The Morgan fingerprint density at radius 2 is 1.26 bits per heavy atom. The number of rotatable bonds is 12. The van der Waals surface area contributed by atoms with Crippen LogP contribution in [0.3, 0.4) is 0 Å². The molecule has 0 saturated carbocycles. The van der Waals surface area contributed by atoms with Crippen LogP contribution in [-0.2, 0) is 43.2 Å². The molecule has 1 heterocycles. The first-order valence-corrected chi connectivity index (χ1v) is 17.9. The number of piperidine rings is 1. The summed E-state index contributed by atoms with van der Waals surface area (Å²) in [4.78, 5) is 15.6. The highest BCUT2D eigenvalue weighted by Gasteiger charge is 2.49. The van der Waals surface area contributed by atoms with E-state index in [2.05, 4.69) is 33.9 Å². The minimum Gasteiger partial charge on any atom is -0.445 e. The van der Waals surface area contributed by atoms with Gasteiger partial charge in [-0.3, -0.25) is 4.90 Å². The molecule has 43 heavy (non-hydrogen) atoms. The lowest BCUT2D eigenvalue weighted by Crippen LogP contribution is -2.66. The second-order valence-electron chi connectivity index (χ2n) is 12.6. The smallest absolute Gasteiger partial charge is 0.410 e. The van der Waals surface area contributed by atoms with E-state index in [1.807, 2.05) is 91.0 Å². The van der Waals surface area contributed by atoms with Crippen molar-refractivity contribution < 1.29 is 28.2 Å². The molecule has 4 rings (SSSR count). The molecule has 8 heteroatoms. The first kappa shape index (κ1) is 32.9. The van der Waals surface area contributed by atoms with Crippen molar-refractivity contribution in [2.75, 3.05) is 20.3 Å². The molecule has 0 aliphatic carbocycles. The molecule has 3 aromatic carbocycles. The van der Waals surface area contributed by atoms with Gasteiger partial charge in [-0.1, -0.05) is 112 Å². The highest BCUT2D eigenvalue weighted by atomic mass is 28.4. The molecule has 0 unspecified atom stereocenters. The second-order valence-corrected chi connectivity index (χ2v) is 17.4. The number of benzene rings is 3. The molecular formula is C35H47NO6Si. The Morgan fingerprint density at radius 3 is 1.74 bits per heavy atom. The van der Waals surface area contributed by atoms with Crippen molar-refractivity contribution in [1.29, 1.82) is 0 Å². The largest absolute Gasteiger partial charge is 0.445 e. The maximum atomic E-state index is 13.8. The molecule has 3 aromatic rings. The van der Waals surface area contributed by atoms with E-state index in [1.54, 1.807) is 12.0 Å². The lowest BCUT2D eigenvalue weighted by Gasteiger charge is -2.48. The number of nitrogens with zero attached hydrogens (tertiary/aromatic N) is 1. The molecule has 0 N–H and O–H groups in total. The molecule has 0 bridgehead atoms. The molecule has 4 atom stereocenters. The van der Waals surface area contributed by atoms with Crippen LogP contribution >= 0.6 is 0 Å². The minimum atomic E-state index is -2.16. The molecule has 0 spiro atoms. The summed E-state index contributed by atoms with van der Waals surface area (Å²) in [6.45, 7) is 12.6. The Bertz CT molecular complexity index is 1250. The quantitative estimate of drug-likeness (QED) is 0.203. The molecule has 0 aromatic heterocycles. The van der Waals surface area contributed by atoms with Crippen LogP contribution in [0.4, 0.5) is 4.79 Å². The van der Waals surface area contributed by atoms with Crippen molar-refractivity contribution in [2.24, 2.45) is 0 Å². The number of likely N-dealkylation sites (tertiary alicyclic amines) is 1. The van der Waals surface area contributed by atoms with E-state index < -0.39 is 38.8 Å². The van der Waals surface area contributed by atoms with E-state index >= 15 is 0 Å². The maximum absolute atomic E-state index is 13.8. The van der Waals surface area contributed by atoms with Crippen molar-refractivity contribution in [1.82, 2.24) is 4.90 Å². The summed E-state index contributed by atoms with van der Waals surface area (Å²) in [7, 11) is -0.478. The number of ether oxygens (including phenoxy) is 4. The summed E-state index contributed by atoms with van der Waals surface area (Å²) in [6.07, 6.45) is -1.82. The Hall–Kier alpha value is -3.01. The Labute approximate surface area is 258 Å². The van der Waals surface area contributed by atoms with Gasteiger partial charge >= 0.3 is 6.09 Å². The zero-order chi connectivity index (χ0) is 30.9. The summed E-state index contributed by atoms with van der Waals surface area (Å²) in [5, 5.41) is 0.00267. The summed E-state index contributed by atoms with van der Waals surface area (Å²) in [5.41, 5.74) is 3.00. The predicted octanol–water partition coefficient (Wildman–Crippen LogP) is 7.22. The average Bonchev–Trinajstić information content (AvgIpc) is 3.01. The van der Waals surface area contributed by atoms with Gasteiger partial charge in [0.05, 0.1) is 32.4 Å². The van der Waals surface area contributed by atoms with Crippen LogP contribution in [0.2, 0.25) is 18.1 Å². The number of hydrogen-bond acceptors (Lipinski definition) is 6. The summed E-state index contributed by atoms with van der Waals surface area (Å²) in [5.74, 6) is 0. The molecule has 1 saturated heterocycles. The summed E-state index contributed by atoms with van der Waals surface area (Å²) >= 11 is 0. The average molecular weight is 606 g/mol. The molecule has 1 amide bonds. The first-order chi connectivity index (χ1) is 20.6. The van der Waals surface area contributed by atoms with Crippen molar-refractivity contribution in [3.63, 3.8) is 0 Å². The highest BCUT2D eigenvalue weighted by molar-refractivity contribution is 6.74. The molecule has 0 radical (unpaired) electrons. The lowest BCUT2D eigenvalue weighted by atomic mass is 9.93. The number of amides is 1. The van der Waals surface area contributed by atoms with Crippen molar-refractivity contribution in [3.8, 4) is 0 Å². The van der Waals surface area contributed by atoms with Crippen LogP contribution in [0.25, 0.3) is 0 Å². The van der Waals surface area contributed by atoms with E-state index in [0.717, 1.165) is 16.7 Å². The Morgan fingerprint density at radius 1 is 0.767 bits per heavy atom. The zero-order valence-corrected chi connectivity index (χ0v) is 27.4. The monoisotopic (exact) mass is 605 g/mol. The third-order valence-electron chi connectivity index (χ3n) is 8.57. The second kappa shape index (κ2) is 15.1. The van der Waals surface area contributed by atoms with Gasteiger partial charge in [-0.25, -0.2) is 4.79 Å². The van der Waals surface area contributed by atoms with Crippen LogP contribution in [0.1, 0.15) is 37.5 Å². The third-order valence-corrected chi connectivity index (χ3v) is 13.1. The van der Waals surface area contributed by atoms with E-state index in [9.17, 15) is 4.79 Å². The van der Waals surface area contributed by atoms with Crippen molar-refractivity contribution in [2.45, 2.75) is 83.1 Å². The van der Waals surface area contributed by atoms with E-state index in [1.165, 1.54) is 0 Å². The fourth-order valence-corrected chi connectivity index (χ4v) is 5.95. The zero-order valence-electron chi connectivity index (χ0n) is 26.4. The van der Waals surface area contributed by atoms with E-state index in [0.29, 0.717) is 19.8 Å². The van der Waals surface area contributed by atoms with Gasteiger partial charge in [0.1, 0.15) is 24.9 Å².